The van der Waals surface area contributed by atoms with Crippen molar-refractivity contribution in [2.45, 2.75) is 45.5 Å². The molecule has 0 saturated carbocycles. The van der Waals surface area contributed by atoms with Crippen LogP contribution in [0.25, 0.3) is 0 Å². The van der Waals surface area contributed by atoms with Gasteiger partial charge in [0, 0.05) is 13.2 Å². The molecule has 1 aromatic rings. The van der Waals surface area contributed by atoms with Crippen LogP contribution in [0.1, 0.15) is 38.3 Å². The van der Waals surface area contributed by atoms with Crippen molar-refractivity contribution >= 4 is 23.2 Å². The highest BCUT2D eigenvalue weighted by Crippen LogP contribution is 2.27. The molecule has 0 bridgehead atoms. The van der Waals surface area contributed by atoms with Crippen molar-refractivity contribution in [3.05, 3.63) is 29.3 Å². The summed E-state index contributed by atoms with van der Waals surface area (Å²) in [6.45, 7) is 7.84. The number of nitrogens with two attached hydrogens (primary N) is 1. The highest BCUT2D eigenvalue weighted by Gasteiger charge is 2.24. The summed E-state index contributed by atoms with van der Waals surface area (Å²) in [5.41, 5.74) is 7.77. The molecule has 22 heavy (non-hydrogen) atoms. The van der Waals surface area contributed by atoms with E-state index in [2.05, 4.69) is 20.8 Å². The molecule has 0 aliphatic rings. The van der Waals surface area contributed by atoms with Gasteiger partial charge in [-0.3, -0.25) is 4.79 Å². The van der Waals surface area contributed by atoms with E-state index in [0.717, 1.165) is 36.1 Å². The Morgan fingerprint density at radius 2 is 1.82 bits per heavy atom. The number of carbonyl (C=O) groups is 1. The van der Waals surface area contributed by atoms with Crippen LogP contribution < -0.4 is 10.6 Å². The third-order valence-corrected chi connectivity index (χ3v) is 3.73. The van der Waals surface area contributed by atoms with Crippen LogP contribution in [0.3, 0.4) is 0 Å². The lowest BCUT2D eigenvalue weighted by Gasteiger charge is -2.28. The summed E-state index contributed by atoms with van der Waals surface area (Å²) in [5.74, 6) is -0.280. The van der Waals surface area contributed by atoms with E-state index in [9.17, 15) is 4.79 Å². The standard InChI is InChI=1S/C17H27ClN2O2/c1-4-11-22-12-10-20(17(21)16(18)19)15-13(5-2)8-7-9-14(15)6-3/h7-9,16H,4-6,10-12,19H2,1-3H3. The zero-order chi connectivity index (χ0) is 16.5. The molecular formula is C17H27ClN2O2. The summed E-state index contributed by atoms with van der Waals surface area (Å²) < 4.78 is 5.53. The molecule has 2 N–H and O–H groups in total. The molecule has 124 valence electrons. The van der Waals surface area contributed by atoms with Crippen LogP contribution in [0.4, 0.5) is 5.69 Å². The van der Waals surface area contributed by atoms with Gasteiger partial charge in [0.25, 0.3) is 5.91 Å². The summed E-state index contributed by atoms with van der Waals surface area (Å²) >= 11 is 5.85. The number of alkyl halides is 1. The molecule has 0 spiro atoms. The Bertz CT molecular complexity index is 455. The van der Waals surface area contributed by atoms with Crippen molar-refractivity contribution in [3.8, 4) is 0 Å². The minimum Gasteiger partial charge on any atom is -0.380 e. The zero-order valence-electron chi connectivity index (χ0n) is 13.8. The first kappa shape index (κ1) is 18.9. The van der Waals surface area contributed by atoms with Crippen LogP contribution >= 0.6 is 11.6 Å². The quantitative estimate of drug-likeness (QED) is 0.431. The average Bonchev–Trinajstić information content (AvgIpc) is 2.53. The molecule has 1 rings (SSSR count). The first-order valence-corrected chi connectivity index (χ1v) is 8.39. The molecular weight excluding hydrogens is 300 g/mol. The maximum Gasteiger partial charge on any atom is 0.259 e. The van der Waals surface area contributed by atoms with E-state index in [4.69, 9.17) is 22.1 Å². The van der Waals surface area contributed by atoms with Gasteiger partial charge in [0.05, 0.1) is 12.3 Å². The lowest BCUT2D eigenvalue weighted by Crippen LogP contribution is -2.43. The lowest BCUT2D eigenvalue weighted by molar-refractivity contribution is -0.118. The number of carbonyl (C=O) groups excluding carboxylic acids is 1. The van der Waals surface area contributed by atoms with Crippen molar-refractivity contribution in [2.75, 3.05) is 24.7 Å². The summed E-state index contributed by atoms with van der Waals surface area (Å²) in [5, 5.41) is 0. The summed E-state index contributed by atoms with van der Waals surface area (Å²) in [6.07, 6.45) is 2.65. The second-order valence-corrected chi connectivity index (χ2v) is 5.61. The van der Waals surface area contributed by atoms with E-state index in [0.29, 0.717) is 19.8 Å². The second-order valence-electron chi connectivity index (χ2n) is 5.14. The topological polar surface area (TPSA) is 55.6 Å². The normalized spacial score (nSPS) is 12.2. The van der Waals surface area contributed by atoms with Gasteiger partial charge in [-0.05, 0) is 30.4 Å². The summed E-state index contributed by atoms with van der Waals surface area (Å²) in [7, 11) is 0. The lowest BCUT2D eigenvalue weighted by atomic mass is 10.0. The Morgan fingerprint density at radius 1 is 1.23 bits per heavy atom. The number of aryl methyl sites for hydroxylation is 2. The highest BCUT2D eigenvalue weighted by atomic mass is 35.5. The molecule has 4 nitrogen and oxygen atoms in total. The molecule has 1 atom stereocenters. The number of rotatable bonds is 9. The van der Waals surface area contributed by atoms with Gasteiger partial charge in [-0.15, -0.1) is 0 Å². The minimum atomic E-state index is -1.04. The molecule has 0 heterocycles. The van der Waals surface area contributed by atoms with E-state index in [-0.39, 0.29) is 5.91 Å². The predicted molar refractivity (Wildman–Crippen MR) is 92.5 cm³/mol. The number of ether oxygens (including phenoxy) is 1. The molecule has 0 aromatic heterocycles. The SMILES string of the molecule is CCCOCCN(C(=O)C(N)Cl)c1c(CC)cccc1CC. The van der Waals surface area contributed by atoms with Gasteiger partial charge in [0.2, 0.25) is 0 Å². The van der Waals surface area contributed by atoms with E-state index in [1.165, 1.54) is 0 Å². The van der Waals surface area contributed by atoms with Gasteiger partial charge in [0.1, 0.15) is 0 Å². The molecule has 0 aliphatic heterocycles. The fraction of sp³-hybridized carbons (Fsp3) is 0.588. The molecule has 1 unspecified atom stereocenters. The van der Waals surface area contributed by atoms with E-state index >= 15 is 0 Å². The second kappa shape index (κ2) is 9.82. The number of para-hydroxylation sites is 1. The first-order chi connectivity index (χ1) is 10.6. The van der Waals surface area contributed by atoms with Crippen molar-refractivity contribution in [1.82, 2.24) is 0 Å². The van der Waals surface area contributed by atoms with Crippen molar-refractivity contribution in [1.29, 1.82) is 0 Å². The van der Waals surface area contributed by atoms with Crippen LogP contribution in [0.15, 0.2) is 18.2 Å². The Hall–Kier alpha value is -1.10. The number of amides is 1. The third kappa shape index (κ3) is 4.97. The molecule has 1 aromatic carbocycles. The van der Waals surface area contributed by atoms with Gasteiger partial charge in [-0.2, -0.15) is 0 Å². The van der Waals surface area contributed by atoms with Crippen LogP contribution in [-0.2, 0) is 22.4 Å². The summed E-state index contributed by atoms with van der Waals surface area (Å²) in [4.78, 5) is 14.1. The fourth-order valence-corrected chi connectivity index (χ4v) is 2.56. The Labute approximate surface area is 138 Å². The molecule has 0 fully saturated rings. The number of hydrogen-bond donors (Lipinski definition) is 1. The number of hydrogen-bond acceptors (Lipinski definition) is 3. The zero-order valence-corrected chi connectivity index (χ0v) is 14.5. The van der Waals surface area contributed by atoms with Crippen LogP contribution in [-0.4, -0.2) is 31.2 Å². The van der Waals surface area contributed by atoms with Gasteiger partial charge in [-0.1, -0.05) is 50.6 Å². The largest absolute Gasteiger partial charge is 0.380 e. The Kier molecular flexibility index (Phi) is 8.46. The van der Waals surface area contributed by atoms with E-state index < -0.39 is 5.50 Å². The monoisotopic (exact) mass is 326 g/mol. The Morgan fingerprint density at radius 3 is 2.27 bits per heavy atom. The van der Waals surface area contributed by atoms with Gasteiger partial charge < -0.3 is 15.4 Å². The number of halogens is 1. The highest BCUT2D eigenvalue weighted by molar-refractivity contribution is 6.32. The first-order valence-electron chi connectivity index (χ1n) is 7.96. The van der Waals surface area contributed by atoms with E-state index in [1.807, 2.05) is 18.2 Å². The van der Waals surface area contributed by atoms with Crippen molar-refractivity contribution in [2.24, 2.45) is 5.73 Å². The molecule has 0 radical (unpaired) electrons. The van der Waals surface area contributed by atoms with Gasteiger partial charge in [0.15, 0.2) is 5.50 Å². The van der Waals surface area contributed by atoms with Crippen LogP contribution in [0.2, 0.25) is 0 Å². The maximum absolute atomic E-state index is 12.5. The molecule has 0 aliphatic carbocycles. The van der Waals surface area contributed by atoms with Gasteiger partial charge >= 0.3 is 0 Å². The average molecular weight is 327 g/mol. The number of nitrogens with zero attached hydrogens (tertiary/aromatic N) is 1. The van der Waals surface area contributed by atoms with E-state index in [1.54, 1.807) is 4.90 Å². The van der Waals surface area contributed by atoms with Crippen LogP contribution in [0, 0.1) is 0 Å². The summed E-state index contributed by atoms with van der Waals surface area (Å²) in [6, 6.07) is 6.11. The molecule has 0 saturated heterocycles. The molecule has 5 heteroatoms. The fourth-order valence-electron chi connectivity index (χ4n) is 2.45. The Balaban J connectivity index is 3.11. The predicted octanol–water partition coefficient (Wildman–Crippen LogP) is 3.09. The van der Waals surface area contributed by atoms with Crippen LogP contribution in [0.5, 0.6) is 0 Å². The van der Waals surface area contributed by atoms with Crippen molar-refractivity contribution in [3.63, 3.8) is 0 Å². The van der Waals surface area contributed by atoms with Crippen molar-refractivity contribution < 1.29 is 9.53 Å². The smallest absolute Gasteiger partial charge is 0.259 e. The minimum absolute atomic E-state index is 0.280. The maximum atomic E-state index is 12.5. The number of benzene rings is 1. The number of anilines is 1. The third-order valence-electron chi connectivity index (χ3n) is 3.54. The van der Waals surface area contributed by atoms with Gasteiger partial charge in [-0.25, -0.2) is 0 Å². The molecule has 1 amide bonds.